The van der Waals surface area contributed by atoms with Gasteiger partial charge in [-0.2, -0.15) is 0 Å². The average molecular weight is 461 g/mol. The molecule has 172 valence electrons. The quantitative estimate of drug-likeness (QED) is 0.582. The number of pyridine rings is 1. The van der Waals surface area contributed by atoms with Gasteiger partial charge in [0, 0.05) is 44.1 Å². The monoisotopic (exact) mass is 460 g/mol. The fraction of sp³-hybridized carbons (Fsp3) is 0.500. The highest BCUT2D eigenvalue weighted by atomic mass is 35.5. The van der Waals surface area contributed by atoms with Crippen molar-refractivity contribution >= 4 is 29.0 Å². The number of hydrogen-bond acceptors (Lipinski definition) is 5. The Bertz CT molecular complexity index is 944. The van der Waals surface area contributed by atoms with Gasteiger partial charge < -0.3 is 20.7 Å². The van der Waals surface area contributed by atoms with Crippen molar-refractivity contribution in [1.82, 2.24) is 10.3 Å². The first-order chi connectivity index (χ1) is 15.5. The lowest BCUT2D eigenvalue weighted by Crippen LogP contribution is -2.41. The summed E-state index contributed by atoms with van der Waals surface area (Å²) in [5, 5.41) is 9.93. The Balaban J connectivity index is 1.47. The number of ether oxygens (including phenoxy) is 1. The van der Waals surface area contributed by atoms with Crippen molar-refractivity contribution in [3.8, 4) is 11.1 Å². The number of aromatic nitrogens is 1. The number of amides is 1. The van der Waals surface area contributed by atoms with Crippen LogP contribution >= 0.6 is 11.6 Å². The van der Waals surface area contributed by atoms with Gasteiger partial charge in [0.25, 0.3) is 0 Å². The number of hydrogen-bond donors (Lipinski definition) is 3. The van der Waals surface area contributed by atoms with Crippen LogP contribution in [-0.2, 0) is 9.53 Å². The van der Waals surface area contributed by atoms with E-state index < -0.39 is 0 Å². The second-order valence-electron chi connectivity index (χ2n) is 8.75. The molecule has 2 saturated heterocycles. The Morgan fingerprint density at radius 1 is 1.25 bits per heavy atom. The summed E-state index contributed by atoms with van der Waals surface area (Å²) in [7, 11) is 0. The molecule has 0 saturated carbocycles. The van der Waals surface area contributed by atoms with E-state index in [-0.39, 0.29) is 17.6 Å². The van der Waals surface area contributed by atoms with Crippen LogP contribution in [0, 0.1) is 17.7 Å². The Hall–Kier alpha value is -2.22. The SMILES string of the molecule is C[C@@H]1CC[C@@H](C(=O)Nc2cc(-c3ccc(F)c(NCC4CCOCC4)c3)c(Cl)cn2)CN1. The van der Waals surface area contributed by atoms with E-state index in [1.54, 1.807) is 18.2 Å². The summed E-state index contributed by atoms with van der Waals surface area (Å²) >= 11 is 6.41. The lowest BCUT2D eigenvalue weighted by atomic mass is 9.95. The standard InChI is InChI=1S/C24H30ClFN4O2/c1-15-2-3-18(13-27-15)24(31)30-23-11-19(20(25)14-29-23)17-4-5-21(26)22(10-17)28-12-16-6-8-32-9-7-16/h4-5,10-11,14-16,18,27-28H,2-3,6-9,12-13H2,1H3,(H,29,30,31)/t15-,18-/m1/s1. The summed E-state index contributed by atoms with van der Waals surface area (Å²) in [5.74, 6) is 0.463. The maximum absolute atomic E-state index is 14.4. The van der Waals surface area contributed by atoms with Gasteiger partial charge in [0.1, 0.15) is 11.6 Å². The molecule has 0 bridgehead atoms. The number of anilines is 2. The van der Waals surface area contributed by atoms with E-state index in [0.717, 1.165) is 44.5 Å². The maximum Gasteiger partial charge on any atom is 0.229 e. The second kappa shape index (κ2) is 10.6. The van der Waals surface area contributed by atoms with Crippen molar-refractivity contribution in [2.24, 2.45) is 11.8 Å². The first kappa shape index (κ1) is 23.0. The number of carbonyl (C=O) groups excluding carboxylic acids is 1. The van der Waals surface area contributed by atoms with E-state index in [1.165, 1.54) is 12.3 Å². The Labute approximate surface area is 193 Å². The number of carbonyl (C=O) groups is 1. The van der Waals surface area contributed by atoms with Crippen LogP contribution < -0.4 is 16.0 Å². The fourth-order valence-corrected chi connectivity index (χ4v) is 4.42. The largest absolute Gasteiger partial charge is 0.382 e. The molecule has 2 aromatic rings. The zero-order valence-electron chi connectivity index (χ0n) is 18.3. The molecule has 1 amide bonds. The van der Waals surface area contributed by atoms with Crippen molar-refractivity contribution < 1.29 is 13.9 Å². The summed E-state index contributed by atoms with van der Waals surface area (Å²) in [6.07, 6.45) is 5.29. The average Bonchev–Trinajstić information content (AvgIpc) is 2.81. The predicted octanol–water partition coefficient (Wildman–Crippen LogP) is 4.71. The predicted molar refractivity (Wildman–Crippen MR) is 125 cm³/mol. The molecule has 0 aliphatic carbocycles. The molecule has 2 atom stereocenters. The van der Waals surface area contributed by atoms with Gasteiger partial charge in [0.05, 0.1) is 16.6 Å². The Kier molecular flexibility index (Phi) is 7.60. The second-order valence-corrected chi connectivity index (χ2v) is 9.16. The minimum absolute atomic E-state index is 0.0527. The zero-order chi connectivity index (χ0) is 22.5. The molecule has 4 rings (SSSR count). The molecule has 2 aliphatic rings. The molecule has 32 heavy (non-hydrogen) atoms. The molecule has 2 aliphatic heterocycles. The topological polar surface area (TPSA) is 75.3 Å². The van der Waals surface area contributed by atoms with Crippen molar-refractivity contribution in [3.05, 3.63) is 41.3 Å². The summed E-state index contributed by atoms with van der Waals surface area (Å²) in [5.41, 5.74) is 1.90. The smallest absolute Gasteiger partial charge is 0.229 e. The number of nitrogens with zero attached hydrogens (tertiary/aromatic N) is 1. The molecular weight excluding hydrogens is 431 g/mol. The van der Waals surface area contributed by atoms with E-state index in [4.69, 9.17) is 16.3 Å². The first-order valence-electron chi connectivity index (χ1n) is 11.3. The third-order valence-electron chi connectivity index (χ3n) is 6.34. The van der Waals surface area contributed by atoms with Gasteiger partial charge in [-0.15, -0.1) is 0 Å². The van der Waals surface area contributed by atoms with Gasteiger partial charge in [-0.05, 0) is 62.3 Å². The van der Waals surface area contributed by atoms with Crippen molar-refractivity contribution in [1.29, 1.82) is 0 Å². The van der Waals surface area contributed by atoms with Gasteiger partial charge in [-0.1, -0.05) is 17.7 Å². The molecule has 3 N–H and O–H groups in total. The molecule has 0 unspecified atom stereocenters. The van der Waals surface area contributed by atoms with Crippen LogP contribution in [0.25, 0.3) is 11.1 Å². The summed E-state index contributed by atoms with van der Waals surface area (Å²) in [4.78, 5) is 16.9. The molecular formula is C24H30ClFN4O2. The molecule has 0 spiro atoms. The van der Waals surface area contributed by atoms with Crippen LogP contribution in [0.15, 0.2) is 30.5 Å². The third-order valence-corrected chi connectivity index (χ3v) is 6.64. The summed E-state index contributed by atoms with van der Waals surface area (Å²) in [6.45, 7) is 4.99. The van der Waals surface area contributed by atoms with Crippen LogP contribution in [0.1, 0.15) is 32.6 Å². The van der Waals surface area contributed by atoms with E-state index in [1.807, 2.05) is 0 Å². The van der Waals surface area contributed by atoms with E-state index in [2.05, 4.69) is 27.9 Å². The highest BCUT2D eigenvalue weighted by molar-refractivity contribution is 6.33. The third kappa shape index (κ3) is 5.77. The lowest BCUT2D eigenvalue weighted by molar-refractivity contribution is -0.120. The van der Waals surface area contributed by atoms with E-state index in [0.29, 0.717) is 47.1 Å². The van der Waals surface area contributed by atoms with Gasteiger partial charge >= 0.3 is 0 Å². The van der Waals surface area contributed by atoms with Crippen LogP contribution in [0.2, 0.25) is 5.02 Å². The molecule has 6 nitrogen and oxygen atoms in total. The van der Waals surface area contributed by atoms with E-state index >= 15 is 0 Å². The Morgan fingerprint density at radius 3 is 2.81 bits per heavy atom. The molecule has 2 fully saturated rings. The Morgan fingerprint density at radius 2 is 2.06 bits per heavy atom. The maximum atomic E-state index is 14.4. The van der Waals surface area contributed by atoms with Gasteiger partial charge in [-0.3, -0.25) is 4.79 Å². The molecule has 1 aromatic carbocycles. The number of benzene rings is 1. The van der Waals surface area contributed by atoms with Crippen molar-refractivity contribution in [2.75, 3.05) is 36.9 Å². The van der Waals surface area contributed by atoms with Crippen LogP contribution in [0.4, 0.5) is 15.9 Å². The number of piperidine rings is 1. The molecule has 8 heteroatoms. The number of halogens is 2. The summed E-state index contributed by atoms with van der Waals surface area (Å²) in [6, 6.07) is 7.06. The van der Waals surface area contributed by atoms with Crippen LogP contribution in [0.3, 0.4) is 0 Å². The number of nitrogens with one attached hydrogen (secondary N) is 3. The van der Waals surface area contributed by atoms with Gasteiger partial charge in [-0.25, -0.2) is 9.37 Å². The summed E-state index contributed by atoms with van der Waals surface area (Å²) < 4.78 is 19.8. The lowest BCUT2D eigenvalue weighted by Gasteiger charge is -2.26. The van der Waals surface area contributed by atoms with Crippen LogP contribution in [-0.4, -0.2) is 43.2 Å². The van der Waals surface area contributed by atoms with E-state index in [9.17, 15) is 9.18 Å². The minimum atomic E-state index is -0.307. The van der Waals surface area contributed by atoms with Crippen molar-refractivity contribution in [2.45, 2.75) is 38.6 Å². The zero-order valence-corrected chi connectivity index (χ0v) is 19.1. The fourth-order valence-electron chi connectivity index (χ4n) is 4.21. The highest BCUT2D eigenvalue weighted by Crippen LogP contribution is 2.32. The van der Waals surface area contributed by atoms with Gasteiger partial charge in [0.2, 0.25) is 5.91 Å². The minimum Gasteiger partial charge on any atom is -0.382 e. The van der Waals surface area contributed by atoms with Gasteiger partial charge in [0.15, 0.2) is 0 Å². The number of rotatable bonds is 6. The highest BCUT2D eigenvalue weighted by Gasteiger charge is 2.24. The molecule has 3 heterocycles. The van der Waals surface area contributed by atoms with Crippen molar-refractivity contribution in [3.63, 3.8) is 0 Å². The normalized spacial score (nSPS) is 21.8. The molecule has 1 aromatic heterocycles. The molecule has 0 radical (unpaired) electrons. The van der Waals surface area contributed by atoms with Crippen LogP contribution in [0.5, 0.6) is 0 Å². The first-order valence-corrected chi connectivity index (χ1v) is 11.7.